The third-order valence-corrected chi connectivity index (χ3v) is 3.34. The molecule has 7 heteroatoms. The van der Waals surface area contributed by atoms with Gasteiger partial charge < -0.3 is 20.5 Å². The second kappa shape index (κ2) is 7.22. The van der Waals surface area contributed by atoms with Gasteiger partial charge in [-0.3, -0.25) is 4.79 Å². The molecular formula is C12H18N2O4S. The van der Waals surface area contributed by atoms with E-state index in [9.17, 15) is 9.59 Å². The van der Waals surface area contributed by atoms with Gasteiger partial charge in [0.25, 0.3) is 5.91 Å². The van der Waals surface area contributed by atoms with Crippen LogP contribution in [0.1, 0.15) is 22.2 Å². The number of esters is 1. The number of nitrogens with two attached hydrogens (primary N) is 1. The summed E-state index contributed by atoms with van der Waals surface area (Å²) in [7, 11) is 1.41. The molecule has 6 nitrogen and oxygen atoms in total. The van der Waals surface area contributed by atoms with Crippen molar-refractivity contribution in [2.45, 2.75) is 20.0 Å². The molecule has 1 aromatic rings. The Labute approximate surface area is 115 Å². The number of hydrogen-bond acceptors (Lipinski definition) is 6. The third-order valence-electron chi connectivity index (χ3n) is 2.38. The number of hydrogen-bond donors (Lipinski definition) is 2. The highest BCUT2D eigenvalue weighted by molar-refractivity contribution is 7.16. The van der Waals surface area contributed by atoms with Crippen LogP contribution in [0.5, 0.6) is 0 Å². The topological polar surface area (TPSA) is 90.7 Å². The number of nitrogens with one attached hydrogen (secondary N) is 1. The van der Waals surface area contributed by atoms with E-state index in [2.05, 4.69) is 5.32 Å². The molecule has 1 aromatic heterocycles. The number of amides is 1. The minimum absolute atomic E-state index is 0.0709. The summed E-state index contributed by atoms with van der Waals surface area (Å²) in [5, 5.41) is 3.10. The van der Waals surface area contributed by atoms with E-state index < -0.39 is 12.1 Å². The quantitative estimate of drug-likeness (QED) is 0.765. The zero-order valence-electron chi connectivity index (χ0n) is 11.2. The van der Waals surface area contributed by atoms with Gasteiger partial charge in [0.1, 0.15) is 11.1 Å². The molecule has 1 rings (SSSR count). The second-order valence-corrected chi connectivity index (χ2v) is 5.03. The van der Waals surface area contributed by atoms with Crippen molar-refractivity contribution >= 4 is 28.2 Å². The lowest BCUT2D eigenvalue weighted by Crippen LogP contribution is -2.36. The Kier molecular flexibility index (Phi) is 5.94. The maximum atomic E-state index is 11.9. The summed E-state index contributed by atoms with van der Waals surface area (Å²) in [5.74, 6) is -0.832. The summed E-state index contributed by atoms with van der Waals surface area (Å²) < 4.78 is 9.88. The van der Waals surface area contributed by atoms with Crippen LogP contribution in [0.3, 0.4) is 0 Å². The maximum Gasteiger partial charge on any atom is 0.341 e. The van der Waals surface area contributed by atoms with E-state index in [1.165, 1.54) is 18.4 Å². The van der Waals surface area contributed by atoms with Gasteiger partial charge in [-0.15, -0.1) is 11.3 Å². The lowest BCUT2D eigenvalue weighted by Gasteiger charge is -2.12. The lowest BCUT2D eigenvalue weighted by molar-refractivity contribution is -0.125. The monoisotopic (exact) mass is 286 g/mol. The summed E-state index contributed by atoms with van der Waals surface area (Å²) in [6.45, 7) is 3.93. The first-order valence-corrected chi connectivity index (χ1v) is 6.66. The van der Waals surface area contributed by atoms with Crippen LogP contribution >= 0.6 is 11.3 Å². The number of rotatable bonds is 6. The average molecular weight is 286 g/mol. The fourth-order valence-corrected chi connectivity index (χ4v) is 2.37. The Morgan fingerprint density at radius 1 is 1.53 bits per heavy atom. The smallest absolute Gasteiger partial charge is 0.341 e. The average Bonchev–Trinajstić information content (AvgIpc) is 2.72. The van der Waals surface area contributed by atoms with Gasteiger partial charge >= 0.3 is 5.97 Å². The first-order valence-electron chi connectivity index (χ1n) is 5.84. The van der Waals surface area contributed by atoms with Crippen molar-refractivity contribution in [3.8, 4) is 0 Å². The van der Waals surface area contributed by atoms with Crippen LogP contribution in [0.4, 0.5) is 5.00 Å². The van der Waals surface area contributed by atoms with Crippen molar-refractivity contribution in [2.75, 3.05) is 25.6 Å². The van der Waals surface area contributed by atoms with Gasteiger partial charge in [0, 0.05) is 18.5 Å². The first kappa shape index (κ1) is 15.6. The molecule has 1 heterocycles. The van der Waals surface area contributed by atoms with Crippen LogP contribution in [-0.2, 0) is 14.3 Å². The second-order valence-electron chi connectivity index (χ2n) is 3.77. The van der Waals surface area contributed by atoms with Crippen LogP contribution in [0.15, 0.2) is 6.07 Å². The summed E-state index contributed by atoms with van der Waals surface area (Å²) in [5.41, 5.74) is 5.77. The number of anilines is 1. The Bertz CT molecular complexity index is 455. The standard InChI is InChI=1S/C12H18N2O4S/c1-4-18-12(16)8-5-7(2)19-11(8)14-10(15)9(6-13)17-3/h5,9H,4,6,13H2,1-3H3,(H,14,15). The molecule has 3 N–H and O–H groups in total. The molecule has 0 saturated heterocycles. The van der Waals surface area contributed by atoms with E-state index in [1.807, 2.05) is 6.92 Å². The van der Waals surface area contributed by atoms with E-state index >= 15 is 0 Å². The molecule has 0 radical (unpaired) electrons. The van der Waals surface area contributed by atoms with Gasteiger partial charge in [-0.25, -0.2) is 4.79 Å². The van der Waals surface area contributed by atoms with E-state index in [4.69, 9.17) is 15.2 Å². The fourth-order valence-electron chi connectivity index (χ4n) is 1.47. The van der Waals surface area contributed by atoms with E-state index in [-0.39, 0.29) is 19.1 Å². The Balaban J connectivity index is 2.89. The SMILES string of the molecule is CCOC(=O)c1cc(C)sc1NC(=O)C(CN)OC. The number of ether oxygens (including phenoxy) is 2. The molecule has 106 valence electrons. The van der Waals surface area contributed by atoms with Gasteiger partial charge in [0.2, 0.25) is 0 Å². The summed E-state index contributed by atoms with van der Waals surface area (Å²) >= 11 is 1.31. The van der Waals surface area contributed by atoms with Crippen molar-refractivity contribution in [1.82, 2.24) is 0 Å². The first-order chi connectivity index (χ1) is 9.03. The highest BCUT2D eigenvalue weighted by Crippen LogP contribution is 2.28. The number of methoxy groups -OCH3 is 1. The number of carbonyl (C=O) groups is 2. The molecule has 0 aliphatic rings. The highest BCUT2D eigenvalue weighted by Gasteiger charge is 2.21. The Hall–Kier alpha value is -1.44. The summed E-state index contributed by atoms with van der Waals surface area (Å²) in [6, 6.07) is 1.68. The van der Waals surface area contributed by atoms with Crippen molar-refractivity contribution in [3.63, 3.8) is 0 Å². The predicted molar refractivity (Wildman–Crippen MR) is 73.5 cm³/mol. The van der Waals surface area contributed by atoms with Crippen molar-refractivity contribution in [1.29, 1.82) is 0 Å². The van der Waals surface area contributed by atoms with Crippen molar-refractivity contribution < 1.29 is 19.1 Å². The largest absolute Gasteiger partial charge is 0.462 e. The maximum absolute atomic E-state index is 11.9. The fraction of sp³-hybridized carbons (Fsp3) is 0.500. The summed E-state index contributed by atoms with van der Waals surface area (Å²) in [4.78, 5) is 24.5. The van der Waals surface area contributed by atoms with Crippen LogP contribution in [0, 0.1) is 6.92 Å². The molecule has 1 unspecified atom stereocenters. The Morgan fingerprint density at radius 3 is 2.74 bits per heavy atom. The molecule has 19 heavy (non-hydrogen) atoms. The van der Waals surface area contributed by atoms with Gasteiger partial charge in [-0.1, -0.05) is 0 Å². The molecule has 0 saturated carbocycles. The van der Waals surface area contributed by atoms with Crippen molar-refractivity contribution in [2.24, 2.45) is 5.73 Å². The molecule has 0 bridgehead atoms. The van der Waals surface area contributed by atoms with Gasteiger partial charge in [0.05, 0.1) is 12.2 Å². The molecule has 0 aliphatic heterocycles. The molecule has 0 fully saturated rings. The normalized spacial score (nSPS) is 12.0. The van der Waals surface area contributed by atoms with Gasteiger partial charge in [-0.2, -0.15) is 0 Å². The summed E-state index contributed by atoms with van der Waals surface area (Å²) in [6.07, 6.45) is -0.738. The molecule has 0 spiro atoms. The third kappa shape index (κ3) is 4.02. The van der Waals surface area contributed by atoms with E-state index in [0.29, 0.717) is 10.6 Å². The minimum Gasteiger partial charge on any atom is -0.462 e. The number of carbonyl (C=O) groups excluding carboxylic acids is 2. The van der Waals surface area contributed by atoms with Crippen LogP contribution in [-0.4, -0.2) is 38.2 Å². The van der Waals surface area contributed by atoms with Crippen LogP contribution < -0.4 is 11.1 Å². The van der Waals surface area contributed by atoms with Crippen LogP contribution in [0.25, 0.3) is 0 Å². The Morgan fingerprint density at radius 2 is 2.21 bits per heavy atom. The minimum atomic E-state index is -0.738. The van der Waals surface area contributed by atoms with Crippen LogP contribution in [0.2, 0.25) is 0 Å². The zero-order valence-corrected chi connectivity index (χ0v) is 12.0. The van der Waals surface area contributed by atoms with E-state index in [0.717, 1.165) is 4.88 Å². The van der Waals surface area contributed by atoms with E-state index in [1.54, 1.807) is 13.0 Å². The number of thiophene rings is 1. The van der Waals surface area contributed by atoms with Crippen molar-refractivity contribution in [3.05, 3.63) is 16.5 Å². The van der Waals surface area contributed by atoms with Gasteiger partial charge in [-0.05, 0) is 19.9 Å². The molecular weight excluding hydrogens is 268 g/mol. The van der Waals surface area contributed by atoms with Gasteiger partial charge in [0.15, 0.2) is 0 Å². The lowest BCUT2D eigenvalue weighted by atomic mass is 10.2. The highest BCUT2D eigenvalue weighted by atomic mass is 32.1. The predicted octanol–water partition coefficient (Wildman–Crippen LogP) is 1.15. The molecule has 1 amide bonds. The molecule has 0 aliphatic carbocycles. The molecule has 1 atom stereocenters. The molecule has 0 aromatic carbocycles. The number of aryl methyl sites for hydroxylation is 1. The zero-order chi connectivity index (χ0) is 14.4.